The number of H-pyrrole nitrogens is 1. The van der Waals surface area contributed by atoms with E-state index in [0.717, 1.165) is 12.7 Å². The molecule has 166 valence electrons. The Morgan fingerprint density at radius 3 is 2.65 bits per heavy atom. The average Bonchev–Trinajstić information content (AvgIpc) is 3.15. The van der Waals surface area contributed by atoms with Crippen molar-refractivity contribution in [2.45, 2.75) is 24.9 Å². The molecule has 3 aromatic rings. The Bertz CT molecular complexity index is 1310. The summed E-state index contributed by atoms with van der Waals surface area (Å²) in [6.45, 7) is -0.102. The minimum atomic E-state index is -3.90. The van der Waals surface area contributed by atoms with Gasteiger partial charge < -0.3 is 9.88 Å². The van der Waals surface area contributed by atoms with Crippen LogP contribution in [-0.2, 0) is 14.8 Å². The molecule has 0 radical (unpaired) electrons. The van der Waals surface area contributed by atoms with E-state index < -0.39 is 32.8 Å². The fraction of sp³-hybridized carbons (Fsp3) is 0.421. The highest BCUT2D eigenvalue weighted by Crippen LogP contribution is 2.56. The zero-order chi connectivity index (χ0) is 21.3. The molecule has 2 fully saturated rings. The maximum absolute atomic E-state index is 16.1. The number of aromatic amines is 1. The van der Waals surface area contributed by atoms with Crippen LogP contribution in [0.25, 0.3) is 21.9 Å². The second-order valence-electron chi connectivity index (χ2n) is 8.23. The van der Waals surface area contributed by atoms with Crippen molar-refractivity contribution in [3.05, 3.63) is 30.3 Å². The number of nitrogens with zero attached hydrogens (tertiary/aromatic N) is 3. The predicted molar refractivity (Wildman–Crippen MR) is 114 cm³/mol. The second-order valence-corrected chi connectivity index (χ2v) is 9.98. The lowest BCUT2D eigenvalue weighted by Crippen LogP contribution is -2.58. The van der Waals surface area contributed by atoms with E-state index in [1.54, 1.807) is 11.0 Å². The number of anilines is 1. The van der Waals surface area contributed by atoms with Crippen molar-refractivity contribution in [2.24, 2.45) is 5.41 Å². The number of halogens is 3. The van der Waals surface area contributed by atoms with Crippen molar-refractivity contribution in [2.75, 3.05) is 24.2 Å². The first-order chi connectivity index (χ1) is 14.1. The van der Waals surface area contributed by atoms with Crippen LogP contribution in [0, 0.1) is 11.2 Å². The number of aromatic nitrogens is 3. The van der Waals surface area contributed by atoms with Crippen LogP contribution in [-0.4, -0.2) is 54.3 Å². The third kappa shape index (κ3) is 3.21. The molecule has 2 N–H and O–H groups in total. The number of sulfonamides is 1. The molecule has 1 saturated heterocycles. The highest BCUT2D eigenvalue weighted by atomic mass is 35.5. The first kappa shape index (κ1) is 21.7. The Morgan fingerprint density at radius 2 is 2.00 bits per heavy atom. The Hall–Kier alpha value is -2.53. The molecule has 1 aromatic carbocycles. The minimum absolute atomic E-state index is 0. The van der Waals surface area contributed by atoms with Crippen LogP contribution in [0.4, 0.5) is 14.6 Å². The zero-order valence-corrected chi connectivity index (χ0v) is 18.1. The van der Waals surface area contributed by atoms with E-state index in [2.05, 4.69) is 15.0 Å². The molecule has 1 aliphatic carbocycles. The number of nitrogens with one attached hydrogen (secondary N) is 2. The minimum Gasteiger partial charge on any atom is -0.351 e. The molecule has 2 aromatic heterocycles. The van der Waals surface area contributed by atoms with Crippen LogP contribution < -0.4 is 9.62 Å². The topological polar surface area (TPSA) is 108 Å². The Kier molecular flexibility index (Phi) is 4.89. The Balaban J connectivity index is 0.00000231. The first-order valence-electron chi connectivity index (χ1n) is 9.50. The summed E-state index contributed by atoms with van der Waals surface area (Å²) in [6, 6.07) is 4.27. The number of benzene rings is 1. The normalized spacial score (nSPS) is 22.5. The third-order valence-corrected chi connectivity index (χ3v) is 6.88. The summed E-state index contributed by atoms with van der Waals surface area (Å²) in [7, 11) is -3.90. The van der Waals surface area contributed by atoms with E-state index in [-0.39, 0.29) is 25.5 Å². The third-order valence-electron chi connectivity index (χ3n) is 6.32. The molecule has 3 heterocycles. The van der Waals surface area contributed by atoms with Crippen molar-refractivity contribution in [3.8, 4) is 0 Å². The van der Waals surface area contributed by atoms with E-state index in [1.165, 1.54) is 18.5 Å². The predicted octanol–water partition coefficient (Wildman–Crippen LogP) is 2.45. The lowest BCUT2D eigenvalue weighted by Gasteiger charge is -2.44. The summed E-state index contributed by atoms with van der Waals surface area (Å²) >= 11 is 0. The van der Waals surface area contributed by atoms with Gasteiger partial charge in [-0.15, -0.1) is 12.4 Å². The molecule has 1 atom stereocenters. The Labute approximate surface area is 182 Å². The second kappa shape index (κ2) is 6.99. The van der Waals surface area contributed by atoms with Crippen LogP contribution >= 0.6 is 12.4 Å². The van der Waals surface area contributed by atoms with Gasteiger partial charge in [-0.1, -0.05) is 6.42 Å². The van der Waals surface area contributed by atoms with Crippen LogP contribution in [0.1, 0.15) is 19.3 Å². The van der Waals surface area contributed by atoms with Gasteiger partial charge in [0, 0.05) is 17.3 Å². The summed E-state index contributed by atoms with van der Waals surface area (Å²) in [5.41, 5.74) is -2.34. The molecule has 1 aliphatic heterocycles. The number of hydrogen-bond acceptors (Lipinski definition) is 6. The molecule has 1 amide bonds. The molecule has 1 spiro atoms. The largest absolute Gasteiger partial charge is 0.351 e. The van der Waals surface area contributed by atoms with E-state index in [1.807, 2.05) is 4.72 Å². The van der Waals surface area contributed by atoms with Gasteiger partial charge in [0.25, 0.3) is 5.91 Å². The smallest absolute Gasteiger partial charge is 0.273 e. The molecule has 0 bridgehead atoms. The first-order valence-corrected chi connectivity index (χ1v) is 11.4. The number of rotatable bonds is 3. The number of amides is 1. The number of carbonyl (C=O) groups excluding carboxylic acids is 1. The SMILES string of the molecule is CS(=O)(=O)NC(=O)C1(F)CN(c2ncnc3[nH]c4cc(F)ccc4c23)CC12CCC2.Cl. The standard InChI is InChI=1S/C19H19F2N5O3S.ClH/c1-30(28,29)25-17(27)19(21)9-26(8-18(19)5-2-6-18)16-14-12-4-3-11(20)7-13(12)24-15(14)22-10-23-16;/h3-4,7,10H,2,5-6,8-9H2,1H3,(H,25,27)(H,22,23,24);1H. The number of alkyl halides is 1. The molecule has 12 heteroatoms. The number of carbonyl (C=O) groups is 1. The fourth-order valence-corrected chi connectivity index (χ4v) is 5.27. The summed E-state index contributed by atoms with van der Waals surface area (Å²) in [5.74, 6) is -1.12. The molecule has 5 rings (SSSR count). The number of hydrogen-bond donors (Lipinski definition) is 2. The lowest BCUT2D eigenvalue weighted by atomic mass is 9.61. The van der Waals surface area contributed by atoms with Crippen molar-refractivity contribution >= 4 is 56.1 Å². The van der Waals surface area contributed by atoms with Gasteiger partial charge in [0.05, 0.1) is 23.7 Å². The Morgan fingerprint density at radius 1 is 1.26 bits per heavy atom. The zero-order valence-electron chi connectivity index (χ0n) is 16.5. The van der Waals surface area contributed by atoms with Gasteiger partial charge in [-0.2, -0.15) is 0 Å². The van der Waals surface area contributed by atoms with E-state index in [0.29, 0.717) is 40.6 Å². The molecule has 1 saturated carbocycles. The molecular weight excluding hydrogens is 452 g/mol. The van der Waals surface area contributed by atoms with Crippen molar-refractivity contribution in [1.82, 2.24) is 19.7 Å². The van der Waals surface area contributed by atoms with Crippen molar-refractivity contribution in [1.29, 1.82) is 0 Å². The van der Waals surface area contributed by atoms with Gasteiger partial charge in [-0.3, -0.25) is 9.52 Å². The molecule has 31 heavy (non-hydrogen) atoms. The van der Waals surface area contributed by atoms with Crippen LogP contribution in [0.15, 0.2) is 24.5 Å². The maximum atomic E-state index is 16.1. The molecule has 1 unspecified atom stereocenters. The summed E-state index contributed by atoms with van der Waals surface area (Å²) in [4.78, 5) is 25.9. The van der Waals surface area contributed by atoms with Gasteiger partial charge in [-0.25, -0.2) is 27.2 Å². The van der Waals surface area contributed by atoms with Gasteiger partial charge in [0.2, 0.25) is 15.7 Å². The summed E-state index contributed by atoms with van der Waals surface area (Å²) in [5, 5.41) is 1.29. The number of fused-ring (bicyclic) bond motifs is 3. The van der Waals surface area contributed by atoms with Crippen LogP contribution in [0.5, 0.6) is 0 Å². The van der Waals surface area contributed by atoms with E-state index >= 15 is 4.39 Å². The fourth-order valence-electron chi connectivity index (χ4n) is 4.77. The van der Waals surface area contributed by atoms with Crippen molar-refractivity contribution in [3.63, 3.8) is 0 Å². The highest BCUT2D eigenvalue weighted by molar-refractivity contribution is 7.89. The van der Waals surface area contributed by atoms with Gasteiger partial charge in [-0.05, 0) is 31.0 Å². The quantitative estimate of drug-likeness (QED) is 0.607. The summed E-state index contributed by atoms with van der Waals surface area (Å²) < 4.78 is 54.7. The molecule has 8 nitrogen and oxygen atoms in total. The lowest BCUT2D eigenvalue weighted by molar-refractivity contribution is -0.141. The van der Waals surface area contributed by atoms with Gasteiger partial charge >= 0.3 is 0 Å². The van der Waals surface area contributed by atoms with Crippen molar-refractivity contribution < 1.29 is 22.0 Å². The summed E-state index contributed by atoms with van der Waals surface area (Å²) in [6.07, 6.45) is 3.87. The van der Waals surface area contributed by atoms with Gasteiger partial charge in [0.1, 0.15) is 23.6 Å². The van der Waals surface area contributed by atoms with Crippen LogP contribution in [0.3, 0.4) is 0 Å². The average molecular weight is 472 g/mol. The highest BCUT2D eigenvalue weighted by Gasteiger charge is 2.66. The molecule has 2 aliphatic rings. The monoisotopic (exact) mass is 471 g/mol. The van der Waals surface area contributed by atoms with Crippen LogP contribution in [0.2, 0.25) is 0 Å². The van der Waals surface area contributed by atoms with E-state index in [9.17, 15) is 17.6 Å². The van der Waals surface area contributed by atoms with E-state index in [4.69, 9.17) is 0 Å². The van der Waals surface area contributed by atoms with Gasteiger partial charge in [0.15, 0.2) is 0 Å². The molecular formula is C19H20ClF2N5O3S. The maximum Gasteiger partial charge on any atom is 0.273 e.